The zero-order chi connectivity index (χ0) is 92.1. The van der Waals surface area contributed by atoms with Crippen molar-refractivity contribution in [3.8, 4) is 0 Å². The largest absolute Gasteiger partial charge is 0.391 e. The molecule has 119 heavy (non-hydrogen) atoms. The van der Waals surface area contributed by atoms with Gasteiger partial charge in [0.25, 0.3) is 0 Å². The number of nitrogens with two attached hydrogens (primary N) is 16. The average Bonchev–Trinajstić information content (AvgIpc) is 0.848. The van der Waals surface area contributed by atoms with Gasteiger partial charge in [0.2, 0.25) is 0 Å². The molecule has 7 heterocycles. The van der Waals surface area contributed by atoms with E-state index >= 15 is 0 Å². The Hall–Kier alpha value is -1.40. The fraction of sp³-hybridized carbons (Fsp3) is 1.00. The Balaban J connectivity index is 0.000000694. The van der Waals surface area contributed by atoms with Crippen LogP contribution in [0.5, 0.6) is 0 Å². The molecule has 0 amide bonds. The van der Waals surface area contributed by atoms with Crippen LogP contribution in [-0.4, -0.2) is 286 Å². The van der Waals surface area contributed by atoms with E-state index in [0.717, 1.165) is 0 Å². The molecule has 7 fully saturated rings. The normalized spacial score (nSPS) is 39.0. The second-order valence-electron chi connectivity index (χ2n) is 37.6. The van der Waals surface area contributed by atoms with Gasteiger partial charge in [-0.1, -0.05) is 96.9 Å². The minimum absolute atomic E-state index is 0.00674. The zero-order valence-corrected chi connectivity index (χ0v) is 78.4. The number of hydrogen-bond acceptors (Lipinski definition) is 35. The Morgan fingerprint density at radius 1 is 0.185 bits per heavy atom. The predicted octanol–water partition coefficient (Wildman–Crippen LogP) is 0.321. The fourth-order valence-corrected chi connectivity index (χ4v) is 17.2. The maximum atomic E-state index is 10.3. The fourth-order valence-electron chi connectivity index (χ4n) is 17.2. The van der Waals surface area contributed by atoms with Gasteiger partial charge in [-0.15, -0.1) is 0 Å². The van der Waals surface area contributed by atoms with Crippen molar-refractivity contribution in [3.05, 3.63) is 0 Å². The molecule has 7 aliphatic rings. The van der Waals surface area contributed by atoms with Crippen LogP contribution in [0.15, 0.2) is 0 Å². The van der Waals surface area contributed by atoms with Gasteiger partial charge in [-0.2, -0.15) is 0 Å². The van der Waals surface area contributed by atoms with Gasteiger partial charge in [0.05, 0.1) is 134 Å². The minimum atomic E-state index is -0.799. The summed E-state index contributed by atoms with van der Waals surface area (Å²) in [5.74, 6) is 2.58. The Morgan fingerprint density at radius 3 is 0.471 bits per heavy atom. The van der Waals surface area contributed by atoms with Crippen LogP contribution in [0.25, 0.3) is 0 Å². The van der Waals surface area contributed by atoms with Crippen molar-refractivity contribution in [2.75, 3.05) is 45.8 Å². The topological polar surface area (TPSA) is 647 Å². The molecular weight excluding hydrogens is 1540 g/mol. The average molecular weight is 1720 g/mol. The van der Waals surface area contributed by atoms with E-state index in [-0.39, 0.29) is 181 Å². The molecule has 0 aromatic rings. The summed E-state index contributed by atoms with van der Waals surface area (Å²) in [7, 11) is 0. The van der Waals surface area contributed by atoms with Gasteiger partial charge in [-0.25, -0.2) is 0 Å². The number of hydrogen-bond donors (Lipinski definition) is 21. The third kappa shape index (κ3) is 35.2. The van der Waals surface area contributed by atoms with E-state index in [1.165, 1.54) is 0 Å². The summed E-state index contributed by atoms with van der Waals surface area (Å²) in [5, 5.41) is 51.0. The molecule has 0 radical (unpaired) electrons. The van der Waals surface area contributed by atoms with E-state index in [4.69, 9.17) is 158 Å². The molecule has 0 bridgehead atoms. The quantitative estimate of drug-likeness (QED) is 0.0501. The van der Waals surface area contributed by atoms with Gasteiger partial charge in [0.15, 0.2) is 44.0 Å². The van der Waals surface area contributed by atoms with Crippen LogP contribution in [0.1, 0.15) is 194 Å². The highest BCUT2D eigenvalue weighted by Crippen LogP contribution is 2.38. The molecule has 35 heteroatoms. The number of aliphatic hydroxyl groups excluding tert-OH is 5. The Kier molecular flexibility index (Phi) is 54.5. The third-order valence-electron chi connectivity index (χ3n) is 23.0. The summed E-state index contributed by atoms with van der Waals surface area (Å²) in [5.41, 5.74) is 94.8. The highest BCUT2D eigenvalue weighted by atomic mass is 16.7. The lowest BCUT2D eigenvalue weighted by atomic mass is 9.79. The number of ether oxygens (including phenoxy) is 14. The standard InChI is InChI=1S/2C12H27N3O2.5C12H26N2O3/c2*1-6(2)9-8(5-13)17-12(16-7(3)4)11(15)10(9)14;3*1-6(2)9-8(5-13)17-12(16-7(3)4)10(14)11(9)15;2*1-6(2)9-8(5-13)17-12(16-7(3)4)11(15)10(9)14/h2*6-12H,5,13-15H2,1-4H3;5*6-12,15H,5,13-14H2,1-4H3/t8?,9-,10?,11+,12+;8?,9-,10?,11-,12+;8?,9-,10+,11?,12+;2*8?,9-,10-,11?,12+;8?,9-,10?,11+,12+;8?,9-,10?,11-,12+/m1111011/s1. The minimum Gasteiger partial charge on any atom is -0.391 e. The summed E-state index contributed by atoms with van der Waals surface area (Å²) in [6, 6.07) is -3.16. The number of rotatable bonds is 28. The molecule has 35 atom stereocenters. The van der Waals surface area contributed by atoms with E-state index in [0.29, 0.717) is 69.5 Å². The Bertz CT molecular complexity index is 2100. The second-order valence-corrected chi connectivity index (χ2v) is 37.6. The van der Waals surface area contributed by atoms with Crippen LogP contribution in [0.4, 0.5) is 0 Å². The molecule has 7 saturated heterocycles. The van der Waals surface area contributed by atoms with Crippen LogP contribution in [0.3, 0.4) is 0 Å². The monoisotopic (exact) mass is 1720 g/mol. The molecule has 35 nitrogen and oxygen atoms in total. The van der Waals surface area contributed by atoms with Gasteiger partial charge < -0.3 is 184 Å². The lowest BCUT2D eigenvalue weighted by molar-refractivity contribution is -0.273. The van der Waals surface area contributed by atoms with Crippen LogP contribution in [0.2, 0.25) is 0 Å². The smallest absolute Gasteiger partial charge is 0.185 e. The van der Waals surface area contributed by atoms with Crippen LogP contribution in [-0.2, 0) is 66.3 Å². The first-order valence-electron chi connectivity index (χ1n) is 44.4. The van der Waals surface area contributed by atoms with Crippen molar-refractivity contribution in [1.29, 1.82) is 0 Å². The predicted molar refractivity (Wildman–Crippen MR) is 468 cm³/mol. The first-order chi connectivity index (χ1) is 55.2. The van der Waals surface area contributed by atoms with E-state index in [1.54, 1.807) is 0 Å². The van der Waals surface area contributed by atoms with Crippen molar-refractivity contribution in [2.24, 2.45) is 175 Å². The zero-order valence-electron chi connectivity index (χ0n) is 78.4. The lowest BCUT2D eigenvalue weighted by Gasteiger charge is -2.46. The van der Waals surface area contributed by atoms with Crippen molar-refractivity contribution >= 4 is 0 Å². The molecule has 714 valence electrons. The van der Waals surface area contributed by atoms with Crippen LogP contribution in [0, 0.1) is 82.9 Å². The summed E-state index contributed by atoms with van der Waals surface area (Å²) in [4.78, 5) is 0. The molecule has 14 unspecified atom stereocenters. The highest BCUT2D eigenvalue weighted by molar-refractivity contribution is 5.01. The van der Waals surface area contributed by atoms with Gasteiger partial charge >= 0.3 is 0 Å². The van der Waals surface area contributed by atoms with Crippen molar-refractivity contribution in [1.82, 2.24) is 0 Å². The highest BCUT2D eigenvalue weighted by Gasteiger charge is 2.52. The molecule has 0 saturated carbocycles. The van der Waals surface area contributed by atoms with Gasteiger partial charge in [-0.05, 0) is 138 Å². The van der Waals surface area contributed by atoms with E-state index in [1.807, 2.05) is 138 Å². The van der Waals surface area contributed by atoms with Crippen molar-refractivity contribution < 1.29 is 91.8 Å². The van der Waals surface area contributed by atoms with Crippen LogP contribution >= 0.6 is 0 Å². The van der Waals surface area contributed by atoms with Crippen LogP contribution < -0.4 is 91.7 Å². The summed E-state index contributed by atoms with van der Waals surface area (Å²) >= 11 is 0. The maximum absolute atomic E-state index is 10.3. The maximum Gasteiger partial charge on any atom is 0.185 e. The molecule has 7 rings (SSSR count). The first-order valence-corrected chi connectivity index (χ1v) is 44.4. The molecule has 0 aromatic carbocycles. The summed E-state index contributed by atoms with van der Waals surface area (Å²) in [6.45, 7) is 58.6. The summed E-state index contributed by atoms with van der Waals surface area (Å²) in [6.07, 6.45) is -8.44. The molecule has 37 N–H and O–H groups in total. The summed E-state index contributed by atoms with van der Waals surface area (Å²) < 4.78 is 79.5. The first kappa shape index (κ1) is 116. The molecule has 0 spiro atoms. The molecular formula is C84H184N16O19. The van der Waals surface area contributed by atoms with Gasteiger partial charge in [-0.3, -0.25) is 0 Å². The number of aliphatic hydroxyl groups is 5. The molecule has 7 aliphatic heterocycles. The molecule has 0 aliphatic carbocycles. The van der Waals surface area contributed by atoms with Gasteiger partial charge in [0, 0.05) is 111 Å². The van der Waals surface area contributed by atoms with E-state index < -0.39 is 92.7 Å². The van der Waals surface area contributed by atoms with Crippen molar-refractivity contribution in [3.63, 3.8) is 0 Å². The Morgan fingerprint density at radius 2 is 0.319 bits per heavy atom. The van der Waals surface area contributed by atoms with E-state index in [2.05, 4.69) is 55.4 Å². The van der Waals surface area contributed by atoms with Gasteiger partial charge in [0.1, 0.15) is 12.2 Å². The lowest BCUT2D eigenvalue weighted by Crippen LogP contribution is -2.65. The SMILES string of the molecule is CC(C)O[C@@H]1OC(CN)[C@H](C(C)C)C(O)[C@@H]1N.CC(C)O[C@H]1OC(CN)[C@@H](C(C)C)C(N)[C@@H]1N.CC(C)O[C@H]1OC(CN)[C@@H](C(C)C)C(N)[C@@H]1O.CC(C)O[C@H]1OC(CN)[C@@H](C(C)C)C(N)[C@H]1N.CC(C)O[C@H]1OC(CN)[C@@H](C(C)C)C(N)[C@H]1O.CC(C)O[C@H]1OC(CN)[C@@H](C(C)C)C(O)[C@@H]1N.CC(C)O[C@H]1OC(CN)[C@@H](C(C)C)C(O)[C@H]1N. The van der Waals surface area contributed by atoms with E-state index in [9.17, 15) is 25.5 Å². The third-order valence-corrected chi connectivity index (χ3v) is 23.0. The Labute approximate surface area is 717 Å². The molecule has 0 aromatic heterocycles. The van der Waals surface area contributed by atoms with Crippen molar-refractivity contribution in [2.45, 2.75) is 408 Å². The second kappa shape index (κ2) is 56.1.